The Labute approximate surface area is 134 Å². The van der Waals surface area contributed by atoms with Crippen LogP contribution < -0.4 is 5.32 Å². The van der Waals surface area contributed by atoms with Gasteiger partial charge < -0.3 is 5.32 Å². The van der Waals surface area contributed by atoms with Crippen molar-refractivity contribution in [2.45, 2.75) is 6.92 Å². The van der Waals surface area contributed by atoms with E-state index >= 15 is 0 Å². The Hall–Kier alpha value is -3.39. The molecule has 1 aromatic heterocycles. The molecule has 5 nitrogen and oxygen atoms in total. The first-order chi connectivity index (χ1) is 11.2. The average molecular weight is 302 g/mol. The third-order valence-electron chi connectivity index (χ3n) is 3.27. The van der Waals surface area contributed by atoms with E-state index in [-0.39, 0.29) is 11.6 Å². The summed E-state index contributed by atoms with van der Waals surface area (Å²) in [6.07, 6.45) is 5.36. The largest absolute Gasteiger partial charge is 0.320 e. The number of amides is 1. The fourth-order valence-electron chi connectivity index (χ4n) is 2.14. The Morgan fingerprint density at radius 1 is 1.13 bits per heavy atom. The van der Waals surface area contributed by atoms with Crippen LogP contribution in [0.2, 0.25) is 0 Å². The van der Waals surface area contributed by atoms with E-state index in [9.17, 15) is 4.79 Å². The van der Waals surface area contributed by atoms with Crippen LogP contribution in [-0.2, 0) is 0 Å². The molecule has 0 aliphatic carbocycles. The lowest BCUT2D eigenvalue weighted by molar-refractivity contribution is 0.102. The first kappa shape index (κ1) is 14.5. The Balaban J connectivity index is 1.85. The molecule has 0 fully saturated rings. The Morgan fingerprint density at radius 3 is 2.65 bits per heavy atom. The fourth-order valence-corrected chi connectivity index (χ4v) is 2.14. The van der Waals surface area contributed by atoms with Crippen LogP contribution in [0.15, 0.2) is 54.6 Å². The van der Waals surface area contributed by atoms with Crippen LogP contribution in [0, 0.1) is 19.3 Å². The van der Waals surface area contributed by atoms with Gasteiger partial charge in [-0.1, -0.05) is 30.2 Å². The summed E-state index contributed by atoms with van der Waals surface area (Å²) in [6.45, 7) is 1.75. The maximum Gasteiger partial charge on any atom is 0.278 e. The van der Waals surface area contributed by atoms with Crippen molar-refractivity contribution in [3.05, 3.63) is 71.5 Å². The van der Waals surface area contributed by atoms with Crippen LogP contribution in [0.25, 0.3) is 5.69 Å². The highest BCUT2D eigenvalue weighted by molar-refractivity contribution is 6.03. The summed E-state index contributed by atoms with van der Waals surface area (Å²) in [5, 5.41) is 11.3. The molecule has 3 rings (SSSR count). The minimum absolute atomic E-state index is 0.278. The van der Waals surface area contributed by atoms with Gasteiger partial charge in [0.05, 0.1) is 11.4 Å². The maximum atomic E-state index is 12.4. The minimum Gasteiger partial charge on any atom is -0.320 e. The number of carbonyl (C=O) groups is 1. The molecule has 1 heterocycles. The lowest BCUT2D eigenvalue weighted by atomic mass is 10.2. The number of carbonyl (C=O) groups excluding carboxylic acids is 1. The van der Waals surface area contributed by atoms with Crippen LogP contribution in [0.4, 0.5) is 5.69 Å². The molecule has 0 bridgehead atoms. The molecule has 0 radical (unpaired) electrons. The van der Waals surface area contributed by atoms with Gasteiger partial charge in [0.15, 0.2) is 5.69 Å². The summed E-state index contributed by atoms with van der Waals surface area (Å²) < 4.78 is 0. The van der Waals surface area contributed by atoms with Gasteiger partial charge in [0, 0.05) is 11.3 Å². The zero-order valence-corrected chi connectivity index (χ0v) is 12.5. The third-order valence-corrected chi connectivity index (χ3v) is 3.27. The highest BCUT2D eigenvalue weighted by atomic mass is 16.2. The molecule has 5 heteroatoms. The summed E-state index contributed by atoms with van der Waals surface area (Å²) in [4.78, 5) is 13.8. The molecule has 0 saturated carbocycles. The molecule has 0 unspecified atom stereocenters. The quantitative estimate of drug-likeness (QED) is 0.757. The Kier molecular flexibility index (Phi) is 3.89. The van der Waals surface area contributed by atoms with E-state index in [0.717, 1.165) is 5.69 Å². The monoisotopic (exact) mass is 302 g/mol. The van der Waals surface area contributed by atoms with E-state index in [1.807, 2.05) is 30.3 Å². The highest BCUT2D eigenvalue weighted by Crippen LogP contribution is 2.13. The lowest BCUT2D eigenvalue weighted by Crippen LogP contribution is -2.14. The molecule has 0 aliphatic rings. The van der Waals surface area contributed by atoms with E-state index in [0.29, 0.717) is 16.9 Å². The van der Waals surface area contributed by atoms with Gasteiger partial charge in [-0.25, -0.2) is 0 Å². The molecule has 0 spiro atoms. The molecule has 2 aromatic carbocycles. The van der Waals surface area contributed by atoms with Crippen molar-refractivity contribution in [2.75, 3.05) is 5.32 Å². The van der Waals surface area contributed by atoms with Crippen molar-refractivity contribution in [2.24, 2.45) is 0 Å². The Morgan fingerprint density at radius 2 is 1.91 bits per heavy atom. The topological polar surface area (TPSA) is 59.8 Å². The summed E-state index contributed by atoms with van der Waals surface area (Å²) in [5.74, 6) is 2.21. The fraction of sp³-hybridized carbons (Fsp3) is 0.0556. The van der Waals surface area contributed by atoms with E-state index < -0.39 is 0 Å². The van der Waals surface area contributed by atoms with Gasteiger partial charge in [-0.2, -0.15) is 9.90 Å². The lowest BCUT2D eigenvalue weighted by Gasteiger charge is -2.03. The summed E-state index contributed by atoms with van der Waals surface area (Å²) >= 11 is 0. The number of benzene rings is 2. The van der Waals surface area contributed by atoms with E-state index in [1.54, 1.807) is 31.2 Å². The second kappa shape index (κ2) is 6.16. The second-order valence-corrected chi connectivity index (χ2v) is 4.94. The molecule has 112 valence electrons. The van der Waals surface area contributed by atoms with Gasteiger partial charge in [-0.05, 0) is 37.3 Å². The summed E-state index contributed by atoms with van der Waals surface area (Å²) in [7, 11) is 0. The number of aromatic nitrogens is 3. The highest BCUT2D eigenvalue weighted by Gasteiger charge is 2.16. The van der Waals surface area contributed by atoms with Crippen LogP contribution in [-0.4, -0.2) is 20.9 Å². The van der Waals surface area contributed by atoms with E-state index in [4.69, 9.17) is 6.42 Å². The second-order valence-electron chi connectivity index (χ2n) is 4.94. The molecule has 0 atom stereocenters. The van der Waals surface area contributed by atoms with Crippen molar-refractivity contribution in [1.29, 1.82) is 0 Å². The van der Waals surface area contributed by atoms with Gasteiger partial charge in [-0.15, -0.1) is 11.5 Å². The van der Waals surface area contributed by atoms with Gasteiger partial charge in [0.1, 0.15) is 0 Å². The van der Waals surface area contributed by atoms with Gasteiger partial charge in [-0.3, -0.25) is 4.79 Å². The number of nitrogens with zero attached hydrogens (tertiary/aromatic N) is 3. The van der Waals surface area contributed by atoms with Crippen molar-refractivity contribution in [3.63, 3.8) is 0 Å². The molecule has 0 aliphatic heterocycles. The van der Waals surface area contributed by atoms with Crippen molar-refractivity contribution in [1.82, 2.24) is 15.0 Å². The first-order valence-corrected chi connectivity index (χ1v) is 7.05. The zero-order valence-electron chi connectivity index (χ0n) is 12.5. The molecule has 1 amide bonds. The van der Waals surface area contributed by atoms with Crippen molar-refractivity contribution < 1.29 is 4.79 Å². The standard InChI is InChI=1S/C18H14N4O/c1-3-14-8-7-9-15(12-14)19-18(23)17-13(2)20-22(21-17)16-10-5-4-6-11-16/h1,4-12H,2H3,(H,19,23). The molecular formula is C18H14N4O. The third kappa shape index (κ3) is 3.11. The number of nitrogens with one attached hydrogen (secondary N) is 1. The van der Waals surface area contributed by atoms with Gasteiger partial charge in [0.25, 0.3) is 5.91 Å². The zero-order chi connectivity index (χ0) is 16.2. The molecular weight excluding hydrogens is 288 g/mol. The van der Waals surface area contributed by atoms with Crippen LogP contribution >= 0.6 is 0 Å². The minimum atomic E-state index is -0.321. The normalized spacial score (nSPS) is 10.1. The number of terminal acetylenes is 1. The molecule has 1 N–H and O–H groups in total. The number of hydrogen-bond donors (Lipinski definition) is 1. The maximum absolute atomic E-state index is 12.4. The molecule has 23 heavy (non-hydrogen) atoms. The number of rotatable bonds is 3. The summed E-state index contributed by atoms with van der Waals surface area (Å²) in [5.41, 5.74) is 2.95. The van der Waals surface area contributed by atoms with Crippen molar-refractivity contribution >= 4 is 11.6 Å². The molecule has 3 aromatic rings. The number of aryl methyl sites for hydroxylation is 1. The first-order valence-electron chi connectivity index (χ1n) is 7.05. The smallest absolute Gasteiger partial charge is 0.278 e. The number of anilines is 1. The van der Waals surface area contributed by atoms with Crippen molar-refractivity contribution in [3.8, 4) is 18.0 Å². The number of hydrogen-bond acceptors (Lipinski definition) is 3. The number of para-hydroxylation sites is 1. The van der Waals surface area contributed by atoms with E-state index in [2.05, 4.69) is 21.4 Å². The molecule has 0 saturated heterocycles. The van der Waals surface area contributed by atoms with E-state index in [1.165, 1.54) is 4.80 Å². The predicted octanol–water partition coefficient (Wildman–Crippen LogP) is 2.81. The predicted molar refractivity (Wildman–Crippen MR) is 88.4 cm³/mol. The van der Waals surface area contributed by atoms with Crippen LogP contribution in [0.3, 0.4) is 0 Å². The van der Waals surface area contributed by atoms with Crippen LogP contribution in [0.1, 0.15) is 21.7 Å². The SMILES string of the molecule is C#Cc1cccc(NC(=O)c2nn(-c3ccccc3)nc2C)c1. The average Bonchev–Trinajstić information content (AvgIpc) is 2.98. The van der Waals surface area contributed by atoms with Crippen LogP contribution in [0.5, 0.6) is 0 Å². The Bertz CT molecular complexity index is 891. The summed E-state index contributed by atoms with van der Waals surface area (Å²) in [6, 6.07) is 16.5. The van der Waals surface area contributed by atoms with Gasteiger partial charge >= 0.3 is 0 Å². The van der Waals surface area contributed by atoms with Gasteiger partial charge in [0.2, 0.25) is 0 Å².